The zero-order valence-corrected chi connectivity index (χ0v) is 19.0. The number of thioether (sulfide) groups is 1. The molecule has 1 aliphatic heterocycles. The molecule has 3 aromatic rings. The van der Waals surface area contributed by atoms with Crippen molar-refractivity contribution >= 4 is 60.3 Å². The summed E-state index contributed by atoms with van der Waals surface area (Å²) in [4.78, 5) is 16.7. The lowest BCUT2D eigenvalue weighted by Crippen LogP contribution is -2.24. The summed E-state index contributed by atoms with van der Waals surface area (Å²) in [6, 6.07) is 13.6. The van der Waals surface area contributed by atoms with Crippen molar-refractivity contribution in [3.8, 4) is 0 Å². The first-order valence-corrected chi connectivity index (χ1v) is 11.5. The summed E-state index contributed by atoms with van der Waals surface area (Å²) in [5.74, 6) is 0.760. The lowest BCUT2D eigenvalue weighted by atomic mass is 10.1. The molecule has 0 spiro atoms. The minimum atomic E-state index is 0.0348. The average molecular weight is 521 g/mol. The number of nitrogens with one attached hydrogen (secondary N) is 3. The van der Waals surface area contributed by atoms with Crippen molar-refractivity contribution in [1.82, 2.24) is 10.3 Å². The van der Waals surface area contributed by atoms with E-state index in [2.05, 4.69) is 71.1 Å². The zero-order chi connectivity index (χ0) is 19.5. The quantitative estimate of drug-likeness (QED) is 0.359. The number of anilines is 1. The van der Waals surface area contributed by atoms with Crippen LogP contribution in [0.25, 0.3) is 10.9 Å². The number of hydrogen-bond donors (Lipinski definition) is 3. The highest BCUT2D eigenvalue weighted by Gasteiger charge is 2.19. The van der Waals surface area contributed by atoms with Gasteiger partial charge in [-0.25, -0.2) is 0 Å². The van der Waals surface area contributed by atoms with E-state index in [9.17, 15) is 4.79 Å². The first-order valence-electron chi connectivity index (χ1n) is 9.03. The molecule has 7 heteroatoms. The lowest BCUT2D eigenvalue weighted by Gasteiger charge is -2.23. The molecule has 1 aliphatic rings. The molecule has 1 atom stereocenters. The standard InChI is InChI=1S/C21H19Br2N3OS/c22-13-10-15-17(6-9-28-21(15)16(23)11-13)24-7-3-8-25-20-12-19(27)14-4-1-2-5-18(14)26-20/h1-2,4-6,9-12,17,24H,3,7-8H2,(H2,25,26,27). The van der Waals surface area contributed by atoms with Gasteiger partial charge in [0.15, 0.2) is 5.43 Å². The predicted octanol–water partition coefficient (Wildman–Crippen LogP) is 5.81. The number of benzene rings is 2. The normalized spacial score (nSPS) is 15.6. The van der Waals surface area contributed by atoms with E-state index in [-0.39, 0.29) is 11.5 Å². The maximum absolute atomic E-state index is 12.2. The Balaban J connectivity index is 1.33. The molecule has 0 aliphatic carbocycles. The van der Waals surface area contributed by atoms with Crippen molar-refractivity contribution in [3.05, 3.63) is 78.7 Å². The first-order chi connectivity index (χ1) is 13.6. The van der Waals surface area contributed by atoms with Crippen LogP contribution in [0.4, 0.5) is 5.82 Å². The molecule has 4 rings (SSSR count). The van der Waals surface area contributed by atoms with Gasteiger partial charge in [0.05, 0.1) is 11.6 Å². The molecule has 0 saturated heterocycles. The Morgan fingerprint density at radius 3 is 2.86 bits per heavy atom. The van der Waals surface area contributed by atoms with Gasteiger partial charge in [0.2, 0.25) is 0 Å². The van der Waals surface area contributed by atoms with Gasteiger partial charge in [0.1, 0.15) is 5.82 Å². The lowest BCUT2D eigenvalue weighted by molar-refractivity contribution is 0.597. The highest BCUT2D eigenvalue weighted by atomic mass is 79.9. The first kappa shape index (κ1) is 19.8. The largest absolute Gasteiger partial charge is 0.371 e. The van der Waals surface area contributed by atoms with Crippen LogP contribution in [0.2, 0.25) is 0 Å². The van der Waals surface area contributed by atoms with Gasteiger partial charge in [-0.3, -0.25) is 4.79 Å². The van der Waals surface area contributed by atoms with Crippen LogP contribution in [0.5, 0.6) is 0 Å². The van der Waals surface area contributed by atoms with Gasteiger partial charge >= 0.3 is 0 Å². The fourth-order valence-corrected chi connectivity index (χ4v) is 5.67. The molecule has 4 nitrogen and oxygen atoms in total. The van der Waals surface area contributed by atoms with E-state index in [1.54, 1.807) is 17.8 Å². The van der Waals surface area contributed by atoms with Gasteiger partial charge in [-0.1, -0.05) is 45.9 Å². The molecular formula is C21H19Br2N3OS. The Kier molecular flexibility index (Phi) is 6.25. The Hall–Kier alpha value is -1.54. The van der Waals surface area contributed by atoms with Crippen LogP contribution in [0.15, 0.2) is 72.6 Å². The summed E-state index contributed by atoms with van der Waals surface area (Å²) in [7, 11) is 0. The van der Waals surface area contributed by atoms with E-state index >= 15 is 0 Å². The minimum absolute atomic E-state index is 0.0348. The fourth-order valence-electron chi connectivity index (χ4n) is 3.26. The van der Waals surface area contributed by atoms with Crippen molar-refractivity contribution in [3.63, 3.8) is 0 Å². The van der Waals surface area contributed by atoms with E-state index in [0.717, 1.165) is 39.8 Å². The van der Waals surface area contributed by atoms with Gasteiger partial charge in [0.25, 0.3) is 0 Å². The maximum Gasteiger partial charge on any atom is 0.191 e. The topological polar surface area (TPSA) is 56.9 Å². The van der Waals surface area contributed by atoms with Crippen molar-refractivity contribution in [1.29, 1.82) is 0 Å². The third-order valence-electron chi connectivity index (χ3n) is 4.60. The van der Waals surface area contributed by atoms with Crippen LogP contribution < -0.4 is 16.1 Å². The maximum atomic E-state index is 12.2. The molecule has 0 amide bonds. The zero-order valence-electron chi connectivity index (χ0n) is 15.0. The highest BCUT2D eigenvalue weighted by molar-refractivity contribution is 9.11. The number of rotatable bonds is 6. The molecule has 0 saturated carbocycles. The van der Waals surface area contributed by atoms with Crippen LogP contribution in [0, 0.1) is 0 Å². The predicted molar refractivity (Wildman–Crippen MR) is 125 cm³/mol. The summed E-state index contributed by atoms with van der Waals surface area (Å²) in [6.07, 6.45) is 3.14. The van der Waals surface area contributed by atoms with Gasteiger partial charge in [0, 0.05) is 31.8 Å². The fraction of sp³-hybridized carbons (Fsp3) is 0.190. The highest BCUT2D eigenvalue weighted by Crippen LogP contribution is 2.41. The van der Waals surface area contributed by atoms with Crippen molar-refractivity contribution in [2.45, 2.75) is 17.4 Å². The van der Waals surface area contributed by atoms with Crippen molar-refractivity contribution < 1.29 is 0 Å². The molecule has 0 bridgehead atoms. The number of pyridine rings is 1. The molecule has 144 valence electrons. The van der Waals surface area contributed by atoms with Crippen LogP contribution in [-0.2, 0) is 0 Å². The molecule has 2 heterocycles. The Morgan fingerprint density at radius 1 is 1.11 bits per heavy atom. The average Bonchev–Trinajstić information content (AvgIpc) is 2.68. The second-order valence-corrected chi connectivity index (χ2v) is 9.24. The molecule has 1 unspecified atom stereocenters. The smallest absolute Gasteiger partial charge is 0.191 e. The second-order valence-electron chi connectivity index (χ2n) is 6.56. The van der Waals surface area contributed by atoms with Gasteiger partial charge in [-0.2, -0.15) is 0 Å². The minimum Gasteiger partial charge on any atom is -0.371 e. The monoisotopic (exact) mass is 519 g/mol. The summed E-state index contributed by atoms with van der Waals surface area (Å²) in [5.41, 5.74) is 2.17. The molecule has 0 radical (unpaired) electrons. The molecule has 0 fully saturated rings. The van der Waals surface area contributed by atoms with E-state index in [1.165, 1.54) is 10.5 Å². The summed E-state index contributed by atoms with van der Waals surface area (Å²) in [6.45, 7) is 1.65. The number of aromatic nitrogens is 1. The van der Waals surface area contributed by atoms with Crippen LogP contribution in [0.3, 0.4) is 0 Å². The molecule has 3 N–H and O–H groups in total. The molecule has 28 heavy (non-hydrogen) atoms. The number of hydrogen-bond acceptors (Lipinski definition) is 4. The van der Waals surface area contributed by atoms with Gasteiger partial charge in [-0.05, 0) is 64.1 Å². The van der Waals surface area contributed by atoms with E-state index in [1.807, 2.05) is 24.3 Å². The van der Waals surface area contributed by atoms with Crippen LogP contribution in [-0.4, -0.2) is 18.1 Å². The van der Waals surface area contributed by atoms with Crippen molar-refractivity contribution in [2.24, 2.45) is 0 Å². The van der Waals surface area contributed by atoms with Gasteiger partial charge in [-0.15, -0.1) is 0 Å². The third-order valence-corrected chi connectivity index (χ3v) is 6.93. The number of fused-ring (bicyclic) bond motifs is 2. The summed E-state index contributed by atoms with van der Waals surface area (Å²) >= 11 is 8.97. The van der Waals surface area contributed by atoms with Crippen LogP contribution in [0.1, 0.15) is 18.0 Å². The summed E-state index contributed by atoms with van der Waals surface area (Å²) < 4.78 is 2.18. The third kappa shape index (κ3) is 4.38. The molecule has 2 aromatic carbocycles. The van der Waals surface area contributed by atoms with E-state index in [0.29, 0.717) is 5.39 Å². The Morgan fingerprint density at radius 2 is 1.96 bits per heavy atom. The van der Waals surface area contributed by atoms with Crippen molar-refractivity contribution in [2.75, 3.05) is 18.4 Å². The van der Waals surface area contributed by atoms with E-state index in [4.69, 9.17) is 0 Å². The van der Waals surface area contributed by atoms with E-state index < -0.39 is 0 Å². The SMILES string of the molecule is O=c1cc(NCCCNC2C=CSc3c(Br)cc(Br)cc32)[nH]c2ccccc12. The van der Waals surface area contributed by atoms with Crippen LogP contribution >= 0.6 is 43.6 Å². The number of halogens is 2. The summed E-state index contributed by atoms with van der Waals surface area (Å²) in [5, 5.41) is 9.78. The Labute approximate surface area is 184 Å². The number of aromatic amines is 1. The molecule has 1 aromatic heterocycles. The number of H-pyrrole nitrogens is 1. The van der Waals surface area contributed by atoms with Gasteiger partial charge < -0.3 is 15.6 Å². The molecular weight excluding hydrogens is 502 g/mol. The number of para-hydroxylation sites is 1. The second kappa shape index (κ2) is 8.86. The Bertz CT molecular complexity index is 1100.